The van der Waals surface area contributed by atoms with E-state index in [2.05, 4.69) is 49.3 Å². The van der Waals surface area contributed by atoms with Gasteiger partial charge in [-0.25, -0.2) is 5.84 Å². The number of thiophene rings is 1. The predicted molar refractivity (Wildman–Crippen MR) is 87.1 cm³/mol. The van der Waals surface area contributed by atoms with Gasteiger partial charge in [0.25, 0.3) is 0 Å². The summed E-state index contributed by atoms with van der Waals surface area (Å²) in [4.78, 5) is 14.5. The summed E-state index contributed by atoms with van der Waals surface area (Å²) in [5.41, 5.74) is 3.36. The summed E-state index contributed by atoms with van der Waals surface area (Å²) in [6.45, 7) is 0. The molecule has 0 aliphatic rings. The van der Waals surface area contributed by atoms with Crippen LogP contribution in [0, 0.1) is 0 Å². The van der Waals surface area contributed by atoms with Gasteiger partial charge in [-0.05, 0) is 35.0 Å². The number of hydrogen-bond donors (Lipinski definition) is 3. The average Bonchev–Trinajstić information content (AvgIpc) is 2.94. The first kappa shape index (κ1) is 13.5. The zero-order valence-corrected chi connectivity index (χ0v) is 12.5. The molecule has 4 N–H and O–H groups in total. The fourth-order valence-electron chi connectivity index (χ4n) is 1.86. The molecular weight excluding hydrogens is 286 g/mol. The molecule has 0 atom stereocenters. The second-order valence-electron chi connectivity index (χ2n) is 4.62. The SMILES string of the molecule is CN(C)c1nc(NN)nc(Nc2ccc3sccc3c2)n1. The Balaban J connectivity index is 1.94. The van der Waals surface area contributed by atoms with Crippen LogP contribution in [0.4, 0.5) is 23.5 Å². The van der Waals surface area contributed by atoms with Crippen LogP contribution in [0.25, 0.3) is 10.1 Å². The van der Waals surface area contributed by atoms with Gasteiger partial charge in [-0.2, -0.15) is 15.0 Å². The fraction of sp³-hybridized carbons (Fsp3) is 0.154. The second-order valence-corrected chi connectivity index (χ2v) is 5.57. The maximum absolute atomic E-state index is 5.39. The lowest BCUT2D eigenvalue weighted by Gasteiger charge is -2.13. The highest BCUT2D eigenvalue weighted by molar-refractivity contribution is 7.17. The number of rotatable bonds is 4. The van der Waals surface area contributed by atoms with Crippen molar-refractivity contribution in [1.82, 2.24) is 15.0 Å². The van der Waals surface area contributed by atoms with Crippen LogP contribution in [0.15, 0.2) is 29.6 Å². The van der Waals surface area contributed by atoms with Crippen molar-refractivity contribution >= 4 is 45.0 Å². The number of nitrogens with zero attached hydrogens (tertiary/aromatic N) is 4. The van der Waals surface area contributed by atoms with E-state index in [4.69, 9.17) is 5.84 Å². The van der Waals surface area contributed by atoms with Crippen LogP contribution < -0.4 is 21.5 Å². The Morgan fingerprint density at radius 3 is 2.67 bits per heavy atom. The summed E-state index contributed by atoms with van der Waals surface area (Å²) in [6, 6.07) is 8.20. The zero-order chi connectivity index (χ0) is 14.8. The Morgan fingerprint density at radius 2 is 1.90 bits per heavy atom. The number of fused-ring (bicyclic) bond motifs is 1. The standard InChI is InChI=1S/C13H15N7S/c1-20(2)13-17-11(16-12(18-13)19-14)15-9-3-4-10-8(7-9)5-6-21-10/h3-7H,14H2,1-2H3,(H2,15,16,17,18,19). The molecule has 0 bridgehead atoms. The van der Waals surface area contributed by atoms with Gasteiger partial charge in [0.1, 0.15) is 0 Å². The smallest absolute Gasteiger partial charge is 0.243 e. The van der Waals surface area contributed by atoms with Crippen molar-refractivity contribution in [3.05, 3.63) is 29.6 Å². The molecule has 8 heteroatoms. The Bertz CT molecular complexity index is 768. The lowest BCUT2D eigenvalue weighted by molar-refractivity contribution is 0.957. The molecule has 3 rings (SSSR count). The van der Waals surface area contributed by atoms with Crippen LogP contribution in [0.2, 0.25) is 0 Å². The maximum atomic E-state index is 5.39. The summed E-state index contributed by atoms with van der Waals surface area (Å²) >= 11 is 1.71. The van der Waals surface area contributed by atoms with E-state index in [9.17, 15) is 0 Å². The third-order valence-electron chi connectivity index (χ3n) is 2.86. The molecule has 2 heterocycles. The first-order chi connectivity index (χ1) is 10.2. The summed E-state index contributed by atoms with van der Waals surface area (Å²) < 4.78 is 1.24. The number of anilines is 4. The van der Waals surface area contributed by atoms with Gasteiger partial charge < -0.3 is 10.2 Å². The van der Waals surface area contributed by atoms with Gasteiger partial charge in [-0.3, -0.25) is 5.43 Å². The summed E-state index contributed by atoms with van der Waals surface area (Å²) in [7, 11) is 3.72. The molecule has 0 saturated carbocycles. The number of benzene rings is 1. The van der Waals surface area contributed by atoms with E-state index >= 15 is 0 Å². The number of nitrogen functional groups attached to an aromatic ring is 1. The molecule has 1 aromatic carbocycles. The van der Waals surface area contributed by atoms with E-state index in [1.165, 1.54) is 10.1 Å². The van der Waals surface area contributed by atoms with E-state index in [-0.39, 0.29) is 0 Å². The molecule has 108 valence electrons. The first-order valence-electron chi connectivity index (χ1n) is 6.30. The molecule has 0 unspecified atom stereocenters. The third kappa shape index (κ3) is 2.86. The Kier molecular flexibility index (Phi) is 3.55. The molecule has 0 spiro atoms. The first-order valence-corrected chi connectivity index (χ1v) is 7.18. The minimum atomic E-state index is 0.313. The maximum Gasteiger partial charge on any atom is 0.243 e. The van der Waals surface area contributed by atoms with Gasteiger partial charge >= 0.3 is 0 Å². The normalized spacial score (nSPS) is 10.6. The molecule has 0 amide bonds. The molecule has 7 nitrogen and oxygen atoms in total. The van der Waals surface area contributed by atoms with Gasteiger partial charge in [-0.1, -0.05) is 0 Å². The van der Waals surface area contributed by atoms with E-state index < -0.39 is 0 Å². The van der Waals surface area contributed by atoms with Gasteiger partial charge in [-0.15, -0.1) is 11.3 Å². The van der Waals surface area contributed by atoms with Crippen molar-refractivity contribution in [2.24, 2.45) is 5.84 Å². The predicted octanol–water partition coefficient (Wildman–Crippen LogP) is 2.18. The van der Waals surface area contributed by atoms with Crippen molar-refractivity contribution in [2.45, 2.75) is 0 Å². The topological polar surface area (TPSA) is 92.0 Å². The molecular formula is C13H15N7S. The van der Waals surface area contributed by atoms with Crippen molar-refractivity contribution < 1.29 is 0 Å². The molecule has 0 radical (unpaired) electrons. The van der Waals surface area contributed by atoms with Crippen LogP contribution in [0.3, 0.4) is 0 Å². The largest absolute Gasteiger partial charge is 0.347 e. The highest BCUT2D eigenvalue weighted by atomic mass is 32.1. The molecule has 2 aromatic heterocycles. The van der Waals surface area contributed by atoms with Gasteiger partial charge in [0.05, 0.1) is 0 Å². The van der Waals surface area contributed by atoms with Gasteiger partial charge in [0.15, 0.2) is 0 Å². The second kappa shape index (κ2) is 5.51. The number of aromatic nitrogens is 3. The van der Waals surface area contributed by atoms with Crippen LogP contribution in [0.1, 0.15) is 0 Å². The van der Waals surface area contributed by atoms with Crippen LogP contribution in [-0.4, -0.2) is 29.0 Å². The Labute approximate surface area is 125 Å². The summed E-state index contributed by atoms with van der Waals surface area (Å²) in [5, 5.41) is 6.43. The van der Waals surface area contributed by atoms with Crippen molar-refractivity contribution in [1.29, 1.82) is 0 Å². The molecule has 0 saturated heterocycles. The van der Waals surface area contributed by atoms with E-state index in [1.807, 2.05) is 20.2 Å². The lowest BCUT2D eigenvalue weighted by Crippen LogP contribution is -2.18. The summed E-state index contributed by atoms with van der Waals surface area (Å²) in [6.07, 6.45) is 0. The summed E-state index contributed by atoms with van der Waals surface area (Å²) in [5.74, 6) is 6.67. The van der Waals surface area contributed by atoms with Crippen LogP contribution >= 0.6 is 11.3 Å². The average molecular weight is 301 g/mol. The van der Waals surface area contributed by atoms with Crippen LogP contribution in [-0.2, 0) is 0 Å². The van der Waals surface area contributed by atoms with E-state index in [1.54, 1.807) is 16.2 Å². The van der Waals surface area contributed by atoms with Gasteiger partial charge in [0, 0.05) is 24.5 Å². The molecule has 0 aliphatic heterocycles. The van der Waals surface area contributed by atoms with E-state index in [0.717, 1.165) is 5.69 Å². The Morgan fingerprint density at radius 1 is 1.10 bits per heavy atom. The molecule has 0 fully saturated rings. The minimum Gasteiger partial charge on any atom is -0.347 e. The molecule has 0 aliphatic carbocycles. The third-order valence-corrected chi connectivity index (χ3v) is 3.76. The van der Waals surface area contributed by atoms with Crippen molar-refractivity contribution in [3.63, 3.8) is 0 Å². The number of nitrogens with one attached hydrogen (secondary N) is 2. The van der Waals surface area contributed by atoms with E-state index in [0.29, 0.717) is 17.8 Å². The van der Waals surface area contributed by atoms with Gasteiger partial charge in [0.2, 0.25) is 17.8 Å². The number of hydrogen-bond acceptors (Lipinski definition) is 8. The fourth-order valence-corrected chi connectivity index (χ4v) is 2.63. The van der Waals surface area contributed by atoms with Crippen LogP contribution in [0.5, 0.6) is 0 Å². The number of nitrogens with two attached hydrogens (primary N) is 1. The quantitative estimate of drug-likeness (QED) is 0.502. The lowest BCUT2D eigenvalue weighted by atomic mass is 10.2. The zero-order valence-electron chi connectivity index (χ0n) is 11.7. The molecule has 3 aromatic rings. The minimum absolute atomic E-state index is 0.313. The molecule has 21 heavy (non-hydrogen) atoms. The highest BCUT2D eigenvalue weighted by Crippen LogP contribution is 2.25. The Hall–Kier alpha value is -2.45. The highest BCUT2D eigenvalue weighted by Gasteiger charge is 2.08. The van der Waals surface area contributed by atoms with Crippen molar-refractivity contribution in [2.75, 3.05) is 29.7 Å². The number of hydrazine groups is 1. The monoisotopic (exact) mass is 301 g/mol. The van der Waals surface area contributed by atoms with Crippen molar-refractivity contribution in [3.8, 4) is 0 Å².